The Labute approximate surface area is 124 Å². The van der Waals surface area contributed by atoms with Crippen molar-refractivity contribution in [3.05, 3.63) is 22.2 Å². The molecule has 1 rings (SSSR count). The summed E-state index contributed by atoms with van der Waals surface area (Å²) >= 11 is 3.59. The lowest BCUT2D eigenvalue weighted by Gasteiger charge is -2.25. The van der Waals surface area contributed by atoms with Crippen LogP contribution >= 0.6 is 15.9 Å². The number of nitrogens with one attached hydrogen (secondary N) is 1. The predicted molar refractivity (Wildman–Crippen MR) is 83.1 cm³/mol. The van der Waals surface area contributed by atoms with Gasteiger partial charge in [-0.05, 0) is 44.9 Å². The highest BCUT2D eigenvalue weighted by Crippen LogP contribution is 2.33. The molecule has 0 aliphatic heterocycles. The maximum absolute atomic E-state index is 5.55. The Kier molecular flexibility index (Phi) is 6.14. The van der Waals surface area contributed by atoms with E-state index in [0.29, 0.717) is 6.61 Å². The maximum Gasteiger partial charge on any atom is 0.162 e. The molecular formula is C15H24BrNO2. The first-order valence-electron chi connectivity index (χ1n) is 6.67. The Bertz CT molecular complexity index is 419. The quantitative estimate of drug-likeness (QED) is 0.815. The third kappa shape index (κ3) is 4.69. The fourth-order valence-electron chi connectivity index (χ4n) is 1.60. The highest BCUT2D eigenvalue weighted by molar-refractivity contribution is 9.10. The maximum atomic E-state index is 5.55. The van der Waals surface area contributed by atoms with Gasteiger partial charge < -0.3 is 14.8 Å². The molecule has 1 N–H and O–H groups in total. The van der Waals surface area contributed by atoms with E-state index in [0.717, 1.165) is 28.9 Å². The molecule has 0 spiro atoms. The number of methoxy groups -OCH3 is 1. The zero-order valence-corrected chi connectivity index (χ0v) is 14.1. The largest absolute Gasteiger partial charge is 0.493 e. The highest BCUT2D eigenvalue weighted by atomic mass is 79.9. The van der Waals surface area contributed by atoms with Gasteiger partial charge >= 0.3 is 0 Å². The first-order chi connectivity index (χ1) is 8.93. The van der Waals surface area contributed by atoms with Crippen LogP contribution in [0.4, 0.5) is 0 Å². The minimum absolute atomic E-state index is 0.130. The van der Waals surface area contributed by atoms with Gasteiger partial charge in [0.25, 0.3) is 0 Å². The molecule has 0 unspecified atom stereocenters. The first kappa shape index (κ1) is 16.3. The lowest BCUT2D eigenvalue weighted by atomic mass is 10.0. The van der Waals surface area contributed by atoms with Crippen LogP contribution in [-0.2, 0) is 6.54 Å². The van der Waals surface area contributed by atoms with Gasteiger partial charge in [0.2, 0.25) is 0 Å². The predicted octanol–water partition coefficient (Wildman–Crippen LogP) is 4.13. The Morgan fingerprint density at radius 3 is 2.42 bits per heavy atom. The Morgan fingerprint density at radius 2 is 1.89 bits per heavy atom. The molecule has 0 bridgehead atoms. The number of halogens is 1. The molecule has 0 heterocycles. The van der Waals surface area contributed by atoms with Crippen LogP contribution in [0.15, 0.2) is 16.6 Å². The zero-order valence-electron chi connectivity index (χ0n) is 12.5. The second-order valence-electron chi connectivity index (χ2n) is 5.12. The molecular weight excluding hydrogens is 306 g/mol. The van der Waals surface area contributed by atoms with Gasteiger partial charge in [0.15, 0.2) is 11.5 Å². The van der Waals surface area contributed by atoms with Crippen molar-refractivity contribution in [3.63, 3.8) is 0 Å². The number of benzene rings is 1. The van der Waals surface area contributed by atoms with E-state index in [1.807, 2.05) is 19.1 Å². The van der Waals surface area contributed by atoms with Gasteiger partial charge in [0.05, 0.1) is 13.7 Å². The number of ether oxygens (including phenoxy) is 2. The van der Waals surface area contributed by atoms with E-state index in [1.165, 1.54) is 5.56 Å². The summed E-state index contributed by atoms with van der Waals surface area (Å²) in [6, 6.07) is 3.99. The summed E-state index contributed by atoms with van der Waals surface area (Å²) in [6.45, 7) is 9.97. The fraction of sp³-hybridized carbons (Fsp3) is 0.600. The molecule has 0 aromatic heterocycles. The minimum atomic E-state index is 0.130. The van der Waals surface area contributed by atoms with Gasteiger partial charge in [-0.2, -0.15) is 0 Å². The minimum Gasteiger partial charge on any atom is -0.493 e. The van der Waals surface area contributed by atoms with Crippen molar-refractivity contribution in [2.24, 2.45) is 0 Å². The average molecular weight is 330 g/mol. The molecule has 0 amide bonds. The summed E-state index contributed by atoms with van der Waals surface area (Å²) in [5.74, 6) is 1.55. The van der Waals surface area contributed by atoms with E-state index in [1.54, 1.807) is 7.11 Å². The second kappa shape index (κ2) is 7.15. The van der Waals surface area contributed by atoms with Crippen LogP contribution in [0.3, 0.4) is 0 Å². The van der Waals surface area contributed by atoms with Gasteiger partial charge in [-0.15, -0.1) is 0 Å². The van der Waals surface area contributed by atoms with Gasteiger partial charge in [-0.25, -0.2) is 0 Å². The average Bonchev–Trinajstić information content (AvgIpc) is 2.38. The van der Waals surface area contributed by atoms with Crippen LogP contribution in [0.2, 0.25) is 0 Å². The van der Waals surface area contributed by atoms with Crippen LogP contribution in [0.25, 0.3) is 0 Å². The van der Waals surface area contributed by atoms with Crippen molar-refractivity contribution < 1.29 is 9.47 Å². The van der Waals surface area contributed by atoms with Crippen LogP contribution in [-0.4, -0.2) is 19.3 Å². The molecule has 1 aromatic rings. The molecule has 108 valence electrons. The summed E-state index contributed by atoms with van der Waals surface area (Å²) < 4.78 is 12.0. The summed E-state index contributed by atoms with van der Waals surface area (Å²) in [4.78, 5) is 0. The third-order valence-electron chi connectivity index (χ3n) is 3.27. The summed E-state index contributed by atoms with van der Waals surface area (Å²) in [5.41, 5.74) is 1.30. The molecule has 4 heteroatoms. The third-order valence-corrected chi connectivity index (χ3v) is 4.01. The van der Waals surface area contributed by atoms with E-state index >= 15 is 0 Å². The van der Waals surface area contributed by atoms with Gasteiger partial charge in [-0.3, -0.25) is 0 Å². The molecule has 1 aromatic carbocycles. The number of hydrogen-bond acceptors (Lipinski definition) is 3. The standard InChI is InChI=1S/C15H24BrNO2/c1-6-15(3,4)17-10-11-8-13(18-5)14(19-7-2)9-12(11)16/h8-9,17H,6-7,10H2,1-5H3. The molecule has 0 saturated carbocycles. The van der Waals surface area contributed by atoms with Gasteiger partial charge in [0, 0.05) is 16.6 Å². The summed E-state index contributed by atoms with van der Waals surface area (Å²) in [6.07, 6.45) is 1.08. The lowest BCUT2D eigenvalue weighted by Crippen LogP contribution is -2.37. The molecule has 0 radical (unpaired) electrons. The van der Waals surface area contributed by atoms with Gasteiger partial charge in [-0.1, -0.05) is 22.9 Å². The van der Waals surface area contributed by atoms with Crippen molar-refractivity contribution in [3.8, 4) is 11.5 Å². The molecule has 0 aliphatic carbocycles. The van der Waals surface area contributed by atoms with E-state index < -0.39 is 0 Å². The zero-order chi connectivity index (χ0) is 14.5. The van der Waals surface area contributed by atoms with Crippen molar-refractivity contribution in [1.29, 1.82) is 0 Å². The summed E-state index contributed by atoms with van der Waals surface area (Å²) in [5, 5.41) is 3.54. The summed E-state index contributed by atoms with van der Waals surface area (Å²) in [7, 11) is 1.67. The SMILES string of the molecule is CCOc1cc(Br)c(CNC(C)(C)CC)cc1OC. The Balaban J connectivity index is 2.90. The normalized spacial score (nSPS) is 11.5. The van der Waals surface area contributed by atoms with Crippen LogP contribution < -0.4 is 14.8 Å². The van der Waals surface area contributed by atoms with E-state index in [-0.39, 0.29) is 5.54 Å². The molecule has 0 atom stereocenters. The van der Waals surface area contributed by atoms with E-state index in [4.69, 9.17) is 9.47 Å². The number of hydrogen-bond donors (Lipinski definition) is 1. The number of rotatable bonds is 7. The Morgan fingerprint density at radius 1 is 1.21 bits per heavy atom. The first-order valence-corrected chi connectivity index (χ1v) is 7.47. The van der Waals surface area contributed by atoms with E-state index in [2.05, 4.69) is 42.0 Å². The topological polar surface area (TPSA) is 30.5 Å². The Hall–Kier alpha value is -0.740. The molecule has 0 saturated heterocycles. The van der Waals surface area contributed by atoms with Gasteiger partial charge in [0.1, 0.15) is 0 Å². The molecule has 19 heavy (non-hydrogen) atoms. The fourth-order valence-corrected chi connectivity index (χ4v) is 2.06. The van der Waals surface area contributed by atoms with E-state index in [9.17, 15) is 0 Å². The van der Waals surface area contributed by atoms with Crippen LogP contribution in [0.1, 0.15) is 39.7 Å². The van der Waals surface area contributed by atoms with Crippen molar-refractivity contribution in [1.82, 2.24) is 5.32 Å². The van der Waals surface area contributed by atoms with Crippen molar-refractivity contribution in [2.75, 3.05) is 13.7 Å². The van der Waals surface area contributed by atoms with Crippen LogP contribution in [0, 0.1) is 0 Å². The lowest BCUT2D eigenvalue weighted by molar-refractivity contribution is 0.310. The molecule has 0 fully saturated rings. The second-order valence-corrected chi connectivity index (χ2v) is 5.97. The van der Waals surface area contributed by atoms with Crippen molar-refractivity contribution in [2.45, 2.75) is 46.2 Å². The molecule has 3 nitrogen and oxygen atoms in total. The smallest absolute Gasteiger partial charge is 0.162 e. The highest BCUT2D eigenvalue weighted by Gasteiger charge is 2.16. The molecule has 0 aliphatic rings. The monoisotopic (exact) mass is 329 g/mol. The van der Waals surface area contributed by atoms with Crippen molar-refractivity contribution >= 4 is 15.9 Å². The van der Waals surface area contributed by atoms with Crippen LogP contribution in [0.5, 0.6) is 11.5 Å².